The first-order valence-corrected chi connectivity index (χ1v) is 9.28. The normalized spacial score (nSPS) is 10.6. The van der Waals surface area contributed by atoms with Gasteiger partial charge in [0, 0.05) is 36.9 Å². The summed E-state index contributed by atoms with van der Waals surface area (Å²) >= 11 is 5.94. The summed E-state index contributed by atoms with van der Waals surface area (Å²) in [5, 5.41) is 7.42. The van der Waals surface area contributed by atoms with Crippen LogP contribution in [0.1, 0.15) is 5.56 Å². The lowest BCUT2D eigenvalue weighted by Gasteiger charge is -2.11. The predicted molar refractivity (Wildman–Crippen MR) is 111 cm³/mol. The second-order valence-electron chi connectivity index (χ2n) is 6.05. The lowest BCUT2D eigenvalue weighted by atomic mass is 10.1. The van der Waals surface area contributed by atoms with Crippen molar-refractivity contribution in [2.24, 2.45) is 0 Å². The molecule has 0 unspecified atom stereocenters. The molecular weight excluding hydrogens is 360 g/mol. The molecule has 0 saturated heterocycles. The van der Waals surface area contributed by atoms with Crippen molar-refractivity contribution in [1.82, 2.24) is 9.97 Å². The second kappa shape index (κ2) is 9.90. The number of rotatable bonds is 9. The summed E-state index contributed by atoms with van der Waals surface area (Å²) in [6.07, 6.45) is 0.883. The molecular formula is C21H23ClN4O. The molecule has 0 atom stereocenters. The van der Waals surface area contributed by atoms with Gasteiger partial charge in [-0.25, -0.2) is 9.97 Å². The Morgan fingerprint density at radius 1 is 0.889 bits per heavy atom. The third-order valence-electron chi connectivity index (χ3n) is 4.00. The Balaban J connectivity index is 1.72. The molecule has 3 rings (SSSR count). The van der Waals surface area contributed by atoms with E-state index in [0.29, 0.717) is 19.0 Å². The fourth-order valence-corrected chi connectivity index (χ4v) is 2.74. The average Bonchev–Trinajstić information content (AvgIpc) is 2.70. The first kappa shape index (κ1) is 19.1. The molecule has 0 aliphatic heterocycles. The monoisotopic (exact) mass is 382 g/mol. The topological polar surface area (TPSA) is 59.1 Å². The zero-order valence-corrected chi connectivity index (χ0v) is 16.0. The van der Waals surface area contributed by atoms with Gasteiger partial charge in [-0.3, -0.25) is 0 Å². The smallest absolute Gasteiger partial charge is 0.163 e. The van der Waals surface area contributed by atoms with E-state index in [9.17, 15) is 0 Å². The maximum Gasteiger partial charge on any atom is 0.163 e. The van der Waals surface area contributed by atoms with E-state index in [1.54, 1.807) is 7.11 Å². The quantitative estimate of drug-likeness (QED) is 0.533. The first-order chi connectivity index (χ1) is 13.2. The number of benzene rings is 2. The maximum absolute atomic E-state index is 5.94. The summed E-state index contributed by atoms with van der Waals surface area (Å²) in [7, 11) is 1.68. The fourth-order valence-electron chi connectivity index (χ4n) is 2.61. The minimum Gasteiger partial charge on any atom is -0.383 e. The molecule has 0 radical (unpaired) electrons. The molecule has 2 N–H and O–H groups in total. The van der Waals surface area contributed by atoms with Crippen LogP contribution in [0.25, 0.3) is 11.4 Å². The summed E-state index contributed by atoms with van der Waals surface area (Å²) in [5.74, 6) is 2.25. The number of nitrogens with one attached hydrogen (secondary N) is 2. The van der Waals surface area contributed by atoms with Crippen LogP contribution < -0.4 is 10.6 Å². The van der Waals surface area contributed by atoms with Gasteiger partial charge >= 0.3 is 0 Å². The van der Waals surface area contributed by atoms with Crippen molar-refractivity contribution in [3.05, 3.63) is 71.2 Å². The molecule has 140 valence electrons. The predicted octanol–water partition coefficient (Wildman–Crippen LogP) is 4.51. The van der Waals surface area contributed by atoms with Crippen molar-refractivity contribution in [1.29, 1.82) is 0 Å². The fraction of sp³-hybridized carbons (Fsp3) is 0.238. The molecule has 0 aliphatic rings. The van der Waals surface area contributed by atoms with Crippen molar-refractivity contribution in [3.8, 4) is 11.4 Å². The molecule has 1 aromatic heterocycles. The van der Waals surface area contributed by atoms with Gasteiger partial charge in [0.1, 0.15) is 11.6 Å². The van der Waals surface area contributed by atoms with Gasteiger partial charge < -0.3 is 15.4 Å². The molecule has 27 heavy (non-hydrogen) atoms. The number of anilines is 2. The Morgan fingerprint density at radius 2 is 1.56 bits per heavy atom. The molecule has 0 fully saturated rings. The van der Waals surface area contributed by atoms with Gasteiger partial charge in [-0.2, -0.15) is 0 Å². The summed E-state index contributed by atoms with van der Waals surface area (Å²) in [6.45, 7) is 2.07. The molecule has 0 spiro atoms. The molecule has 2 aromatic carbocycles. The Bertz CT molecular complexity index is 841. The number of halogens is 1. The van der Waals surface area contributed by atoms with Crippen molar-refractivity contribution in [3.63, 3.8) is 0 Å². The van der Waals surface area contributed by atoms with Crippen molar-refractivity contribution >= 4 is 23.2 Å². The molecule has 0 bridgehead atoms. The van der Waals surface area contributed by atoms with E-state index in [1.165, 1.54) is 5.56 Å². The van der Waals surface area contributed by atoms with E-state index in [0.717, 1.165) is 35.2 Å². The SMILES string of the molecule is COCCNc1cc(NCCc2ccc(Cl)cc2)nc(-c2ccccc2)n1. The average molecular weight is 383 g/mol. The highest BCUT2D eigenvalue weighted by molar-refractivity contribution is 6.30. The van der Waals surface area contributed by atoms with Gasteiger partial charge in [-0.15, -0.1) is 0 Å². The third-order valence-corrected chi connectivity index (χ3v) is 4.26. The minimum absolute atomic E-state index is 0.615. The van der Waals surface area contributed by atoms with Gasteiger partial charge in [0.25, 0.3) is 0 Å². The molecule has 6 heteroatoms. The minimum atomic E-state index is 0.615. The van der Waals surface area contributed by atoms with Crippen LogP contribution in [0.2, 0.25) is 5.02 Å². The number of ether oxygens (including phenoxy) is 1. The molecule has 0 saturated carbocycles. The van der Waals surface area contributed by atoms with E-state index < -0.39 is 0 Å². The number of methoxy groups -OCH3 is 1. The van der Waals surface area contributed by atoms with Crippen LogP contribution in [-0.4, -0.2) is 36.8 Å². The van der Waals surface area contributed by atoms with Crippen LogP contribution in [0.15, 0.2) is 60.7 Å². The number of aromatic nitrogens is 2. The van der Waals surface area contributed by atoms with E-state index in [2.05, 4.69) is 20.6 Å². The van der Waals surface area contributed by atoms with Gasteiger partial charge in [0.15, 0.2) is 5.82 Å². The van der Waals surface area contributed by atoms with Gasteiger partial charge in [-0.1, -0.05) is 54.1 Å². The lowest BCUT2D eigenvalue weighted by molar-refractivity contribution is 0.210. The zero-order valence-electron chi connectivity index (χ0n) is 15.3. The van der Waals surface area contributed by atoms with Gasteiger partial charge in [0.2, 0.25) is 0 Å². The second-order valence-corrected chi connectivity index (χ2v) is 6.49. The van der Waals surface area contributed by atoms with Gasteiger partial charge in [-0.05, 0) is 24.1 Å². The van der Waals surface area contributed by atoms with E-state index in [1.807, 2.05) is 60.7 Å². The van der Waals surface area contributed by atoms with Crippen LogP contribution >= 0.6 is 11.6 Å². The summed E-state index contributed by atoms with van der Waals surface area (Å²) in [4.78, 5) is 9.28. The Labute approximate surface area is 164 Å². The molecule has 1 heterocycles. The Hall–Kier alpha value is -2.63. The number of hydrogen-bond donors (Lipinski definition) is 2. The summed E-state index contributed by atoms with van der Waals surface area (Å²) in [6, 6.07) is 19.8. The number of hydrogen-bond acceptors (Lipinski definition) is 5. The van der Waals surface area contributed by atoms with Crippen LogP contribution in [0, 0.1) is 0 Å². The number of nitrogens with zero attached hydrogens (tertiary/aromatic N) is 2. The van der Waals surface area contributed by atoms with Crippen molar-refractivity contribution in [2.45, 2.75) is 6.42 Å². The highest BCUT2D eigenvalue weighted by atomic mass is 35.5. The molecule has 5 nitrogen and oxygen atoms in total. The Morgan fingerprint density at radius 3 is 2.22 bits per heavy atom. The third kappa shape index (κ3) is 5.94. The van der Waals surface area contributed by atoms with Crippen molar-refractivity contribution < 1.29 is 4.74 Å². The molecule has 0 aliphatic carbocycles. The van der Waals surface area contributed by atoms with Crippen LogP contribution in [0.3, 0.4) is 0 Å². The van der Waals surface area contributed by atoms with Crippen LogP contribution in [-0.2, 0) is 11.2 Å². The Kier molecular flexibility index (Phi) is 7.02. The van der Waals surface area contributed by atoms with E-state index >= 15 is 0 Å². The molecule has 3 aromatic rings. The van der Waals surface area contributed by atoms with E-state index in [-0.39, 0.29) is 0 Å². The summed E-state index contributed by atoms with van der Waals surface area (Å²) in [5.41, 5.74) is 2.20. The standard InChI is InChI=1S/C21H23ClN4O/c1-27-14-13-24-20-15-19(23-12-11-16-7-9-18(22)10-8-16)25-21(26-20)17-5-3-2-4-6-17/h2-10,15H,11-14H2,1H3,(H2,23,24,25,26). The van der Waals surface area contributed by atoms with E-state index in [4.69, 9.17) is 16.3 Å². The first-order valence-electron chi connectivity index (χ1n) is 8.90. The van der Waals surface area contributed by atoms with Crippen LogP contribution in [0.4, 0.5) is 11.6 Å². The highest BCUT2D eigenvalue weighted by Gasteiger charge is 2.07. The summed E-state index contributed by atoms with van der Waals surface area (Å²) < 4.78 is 5.10. The lowest BCUT2D eigenvalue weighted by Crippen LogP contribution is -2.12. The van der Waals surface area contributed by atoms with Crippen molar-refractivity contribution in [2.75, 3.05) is 37.4 Å². The maximum atomic E-state index is 5.94. The van der Waals surface area contributed by atoms with Crippen LogP contribution in [0.5, 0.6) is 0 Å². The highest BCUT2D eigenvalue weighted by Crippen LogP contribution is 2.20. The largest absolute Gasteiger partial charge is 0.383 e. The molecule has 0 amide bonds. The van der Waals surface area contributed by atoms with Gasteiger partial charge in [0.05, 0.1) is 6.61 Å². The zero-order chi connectivity index (χ0) is 18.9.